The van der Waals surface area contributed by atoms with Crippen molar-refractivity contribution < 1.29 is 32.6 Å². The SMILES string of the molecule is O=C(O)/C(=C\c1ccc(Oc2c(F)ccc(F)c2F)cc1)NC(=O)c1ccccc1. The Morgan fingerprint density at radius 3 is 2.13 bits per heavy atom. The minimum absolute atomic E-state index is 0.000691. The van der Waals surface area contributed by atoms with Gasteiger partial charge in [0.15, 0.2) is 11.6 Å². The Morgan fingerprint density at radius 2 is 1.50 bits per heavy atom. The number of carbonyl (C=O) groups excluding carboxylic acids is 1. The molecule has 0 aliphatic carbocycles. The Hall–Kier alpha value is -4.07. The van der Waals surface area contributed by atoms with Gasteiger partial charge in [-0.25, -0.2) is 13.6 Å². The highest BCUT2D eigenvalue weighted by molar-refractivity contribution is 6.02. The zero-order valence-corrected chi connectivity index (χ0v) is 15.2. The van der Waals surface area contributed by atoms with Gasteiger partial charge in [-0.2, -0.15) is 4.39 Å². The van der Waals surface area contributed by atoms with Gasteiger partial charge in [0.05, 0.1) is 0 Å². The van der Waals surface area contributed by atoms with Crippen molar-refractivity contribution in [2.24, 2.45) is 0 Å². The number of hydrogen-bond acceptors (Lipinski definition) is 3. The molecule has 3 rings (SSSR count). The van der Waals surface area contributed by atoms with Crippen LogP contribution < -0.4 is 10.1 Å². The monoisotopic (exact) mass is 413 g/mol. The van der Waals surface area contributed by atoms with Gasteiger partial charge in [-0.3, -0.25) is 4.79 Å². The first kappa shape index (κ1) is 20.7. The molecule has 8 heteroatoms. The van der Waals surface area contributed by atoms with Gasteiger partial charge in [-0.1, -0.05) is 30.3 Å². The first-order valence-corrected chi connectivity index (χ1v) is 8.58. The second kappa shape index (κ2) is 8.95. The molecule has 30 heavy (non-hydrogen) atoms. The van der Waals surface area contributed by atoms with Gasteiger partial charge >= 0.3 is 5.97 Å². The highest BCUT2D eigenvalue weighted by atomic mass is 19.2. The second-order valence-electron chi connectivity index (χ2n) is 6.03. The summed E-state index contributed by atoms with van der Waals surface area (Å²) in [4.78, 5) is 23.6. The molecule has 0 spiro atoms. The van der Waals surface area contributed by atoms with E-state index >= 15 is 0 Å². The summed E-state index contributed by atoms with van der Waals surface area (Å²) in [5, 5.41) is 11.6. The lowest BCUT2D eigenvalue weighted by molar-refractivity contribution is -0.132. The van der Waals surface area contributed by atoms with E-state index in [1.807, 2.05) is 0 Å². The molecule has 0 atom stereocenters. The average Bonchev–Trinajstić information content (AvgIpc) is 2.75. The van der Waals surface area contributed by atoms with Gasteiger partial charge in [0.2, 0.25) is 11.6 Å². The van der Waals surface area contributed by atoms with Gasteiger partial charge < -0.3 is 15.2 Å². The maximum atomic E-state index is 13.7. The zero-order chi connectivity index (χ0) is 21.7. The van der Waals surface area contributed by atoms with Gasteiger partial charge in [0, 0.05) is 5.56 Å². The van der Waals surface area contributed by atoms with E-state index in [1.54, 1.807) is 18.2 Å². The summed E-state index contributed by atoms with van der Waals surface area (Å²) < 4.78 is 45.7. The van der Waals surface area contributed by atoms with Gasteiger partial charge in [-0.15, -0.1) is 0 Å². The van der Waals surface area contributed by atoms with Crippen LogP contribution >= 0.6 is 0 Å². The van der Waals surface area contributed by atoms with Gasteiger partial charge in [0.1, 0.15) is 11.4 Å². The highest BCUT2D eigenvalue weighted by Gasteiger charge is 2.16. The number of benzene rings is 3. The lowest BCUT2D eigenvalue weighted by Gasteiger charge is -2.09. The van der Waals surface area contributed by atoms with E-state index in [9.17, 15) is 27.9 Å². The normalized spacial score (nSPS) is 11.1. The van der Waals surface area contributed by atoms with Crippen LogP contribution in [0.5, 0.6) is 11.5 Å². The van der Waals surface area contributed by atoms with E-state index in [-0.39, 0.29) is 17.0 Å². The topological polar surface area (TPSA) is 75.6 Å². The molecule has 2 N–H and O–H groups in total. The van der Waals surface area contributed by atoms with E-state index in [2.05, 4.69) is 5.32 Å². The molecule has 152 valence electrons. The van der Waals surface area contributed by atoms with Crippen LogP contribution in [-0.2, 0) is 4.79 Å². The van der Waals surface area contributed by atoms with Crippen LogP contribution in [0.25, 0.3) is 6.08 Å². The third-order valence-electron chi connectivity index (χ3n) is 3.93. The molecule has 0 bridgehead atoms. The van der Waals surface area contributed by atoms with Crippen molar-refractivity contribution in [1.29, 1.82) is 0 Å². The molecule has 0 radical (unpaired) electrons. The van der Waals surface area contributed by atoms with E-state index in [0.29, 0.717) is 11.6 Å². The fourth-order valence-electron chi connectivity index (χ4n) is 2.45. The molecular weight excluding hydrogens is 399 g/mol. The molecule has 1 amide bonds. The van der Waals surface area contributed by atoms with Crippen molar-refractivity contribution >= 4 is 18.0 Å². The average molecular weight is 413 g/mol. The maximum absolute atomic E-state index is 13.7. The van der Waals surface area contributed by atoms with Crippen LogP contribution in [0.1, 0.15) is 15.9 Å². The van der Waals surface area contributed by atoms with Crippen LogP contribution in [0.2, 0.25) is 0 Å². The largest absolute Gasteiger partial charge is 0.477 e. The summed E-state index contributed by atoms with van der Waals surface area (Å²) in [6, 6.07) is 14.9. The first-order chi connectivity index (χ1) is 14.3. The molecule has 0 saturated carbocycles. The summed E-state index contributed by atoms with van der Waals surface area (Å²) in [5.74, 6) is -6.64. The molecule has 3 aromatic rings. The van der Waals surface area contributed by atoms with Crippen molar-refractivity contribution in [2.75, 3.05) is 0 Å². The molecule has 0 aliphatic heterocycles. The number of aliphatic carboxylic acids is 1. The van der Waals surface area contributed by atoms with E-state index in [4.69, 9.17) is 4.74 Å². The van der Waals surface area contributed by atoms with Crippen LogP contribution in [0.4, 0.5) is 13.2 Å². The summed E-state index contributed by atoms with van der Waals surface area (Å²) in [6.07, 6.45) is 1.20. The van der Waals surface area contributed by atoms with E-state index in [0.717, 1.165) is 6.07 Å². The molecule has 0 aromatic heterocycles. The minimum Gasteiger partial charge on any atom is -0.477 e. The quantitative estimate of drug-likeness (QED) is 0.452. The van der Waals surface area contributed by atoms with Crippen LogP contribution in [0, 0.1) is 17.5 Å². The number of hydrogen-bond donors (Lipinski definition) is 2. The van der Waals surface area contributed by atoms with Crippen molar-refractivity contribution in [3.8, 4) is 11.5 Å². The number of nitrogens with one attached hydrogen (secondary N) is 1. The van der Waals surface area contributed by atoms with Crippen molar-refractivity contribution in [3.05, 3.63) is 101 Å². The third kappa shape index (κ3) is 4.85. The summed E-state index contributed by atoms with van der Waals surface area (Å²) in [6.45, 7) is 0. The zero-order valence-electron chi connectivity index (χ0n) is 15.2. The number of carboxylic acid groups (broad SMARTS) is 1. The molecule has 0 unspecified atom stereocenters. The minimum atomic E-state index is -1.46. The number of ether oxygens (including phenoxy) is 1. The Kier molecular flexibility index (Phi) is 6.17. The molecule has 0 saturated heterocycles. The van der Waals surface area contributed by atoms with Gasteiger partial charge in [0.25, 0.3) is 5.91 Å². The predicted molar refractivity (Wildman–Crippen MR) is 102 cm³/mol. The molecule has 0 heterocycles. The number of carbonyl (C=O) groups is 2. The highest BCUT2D eigenvalue weighted by Crippen LogP contribution is 2.29. The Morgan fingerprint density at radius 1 is 0.867 bits per heavy atom. The number of rotatable bonds is 6. The van der Waals surface area contributed by atoms with Crippen LogP contribution in [0.3, 0.4) is 0 Å². The van der Waals surface area contributed by atoms with E-state index in [1.165, 1.54) is 42.5 Å². The molecule has 0 aliphatic rings. The lowest BCUT2D eigenvalue weighted by Crippen LogP contribution is -2.27. The van der Waals surface area contributed by atoms with Crippen molar-refractivity contribution in [3.63, 3.8) is 0 Å². The standard InChI is InChI=1S/C22H14F3NO4/c23-16-10-11-17(24)20(19(16)25)30-15-8-6-13(7-9-15)12-18(22(28)29)26-21(27)14-4-2-1-3-5-14/h1-12H,(H,26,27)(H,28,29)/b18-12+. The van der Waals surface area contributed by atoms with Crippen molar-refractivity contribution in [1.82, 2.24) is 5.32 Å². The Bertz CT molecular complexity index is 1110. The Balaban J connectivity index is 1.79. The number of halogens is 3. The third-order valence-corrected chi connectivity index (χ3v) is 3.93. The maximum Gasteiger partial charge on any atom is 0.352 e. The lowest BCUT2D eigenvalue weighted by atomic mass is 10.1. The molecule has 3 aromatic carbocycles. The summed E-state index contributed by atoms with van der Waals surface area (Å²) in [5.41, 5.74) is 0.278. The van der Waals surface area contributed by atoms with Crippen LogP contribution in [-0.4, -0.2) is 17.0 Å². The fraction of sp³-hybridized carbons (Fsp3) is 0. The van der Waals surface area contributed by atoms with E-state index < -0.39 is 35.1 Å². The second-order valence-corrected chi connectivity index (χ2v) is 6.03. The molecule has 5 nitrogen and oxygen atoms in total. The number of amides is 1. The predicted octanol–water partition coefficient (Wildman–Crippen LogP) is 4.75. The van der Waals surface area contributed by atoms with Gasteiger partial charge in [-0.05, 0) is 48.0 Å². The Labute approximate surface area is 169 Å². The summed E-state index contributed by atoms with van der Waals surface area (Å²) in [7, 11) is 0. The molecular formula is C22H14F3NO4. The van der Waals surface area contributed by atoms with Crippen molar-refractivity contribution in [2.45, 2.75) is 0 Å². The fourth-order valence-corrected chi connectivity index (χ4v) is 2.45. The summed E-state index contributed by atoms with van der Waals surface area (Å²) >= 11 is 0. The first-order valence-electron chi connectivity index (χ1n) is 8.58. The van der Waals surface area contributed by atoms with Crippen LogP contribution in [0.15, 0.2) is 72.4 Å². The molecule has 0 fully saturated rings. The smallest absolute Gasteiger partial charge is 0.352 e. The number of carboxylic acids is 1.